The van der Waals surface area contributed by atoms with Crippen LogP contribution in [0, 0.1) is 16.0 Å². The van der Waals surface area contributed by atoms with Crippen molar-refractivity contribution in [2.75, 3.05) is 7.11 Å². The van der Waals surface area contributed by atoms with Gasteiger partial charge in [-0.15, -0.1) is 0 Å². The Bertz CT molecular complexity index is 1010. The zero-order chi connectivity index (χ0) is 21.7. The van der Waals surface area contributed by atoms with E-state index in [4.69, 9.17) is 9.26 Å². The van der Waals surface area contributed by atoms with Gasteiger partial charge < -0.3 is 14.6 Å². The summed E-state index contributed by atoms with van der Waals surface area (Å²) in [4.78, 5) is 27.5. The fourth-order valence-electron chi connectivity index (χ4n) is 2.86. The molecule has 0 fully saturated rings. The van der Waals surface area contributed by atoms with E-state index in [9.17, 15) is 14.9 Å². The average molecular weight is 410 g/mol. The summed E-state index contributed by atoms with van der Waals surface area (Å²) in [5, 5.41) is 17.8. The van der Waals surface area contributed by atoms with E-state index in [0.717, 1.165) is 6.42 Å². The van der Waals surface area contributed by atoms with Crippen LogP contribution in [0.5, 0.6) is 5.75 Å². The highest BCUT2D eigenvalue weighted by atomic mass is 16.6. The molecule has 0 saturated carbocycles. The van der Waals surface area contributed by atoms with Crippen molar-refractivity contribution in [2.45, 2.75) is 26.3 Å². The zero-order valence-corrected chi connectivity index (χ0v) is 16.9. The number of carbonyl (C=O) groups excluding carboxylic acids is 1. The van der Waals surface area contributed by atoms with Crippen LogP contribution in [-0.2, 0) is 0 Å². The Kier molecular flexibility index (Phi) is 6.41. The van der Waals surface area contributed by atoms with Gasteiger partial charge in [0.15, 0.2) is 0 Å². The third kappa shape index (κ3) is 4.62. The molecule has 1 amide bonds. The number of nitrogens with one attached hydrogen (secondary N) is 1. The van der Waals surface area contributed by atoms with Crippen LogP contribution < -0.4 is 10.1 Å². The second-order valence-electron chi connectivity index (χ2n) is 6.83. The van der Waals surface area contributed by atoms with E-state index in [-0.39, 0.29) is 23.4 Å². The molecule has 3 aromatic rings. The van der Waals surface area contributed by atoms with Crippen LogP contribution in [0.3, 0.4) is 0 Å². The monoisotopic (exact) mass is 410 g/mol. The smallest absolute Gasteiger partial charge is 0.269 e. The molecule has 2 aromatic carbocycles. The predicted molar refractivity (Wildman–Crippen MR) is 109 cm³/mol. The lowest BCUT2D eigenvalue weighted by atomic mass is 9.98. The van der Waals surface area contributed by atoms with Crippen molar-refractivity contribution < 1.29 is 19.0 Å². The summed E-state index contributed by atoms with van der Waals surface area (Å²) in [6.07, 6.45) is 0.781. The number of rotatable bonds is 8. The van der Waals surface area contributed by atoms with E-state index in [1.54, 1.807) is 43.5 Å². The number of carbonyl (C=O) groups is 1. The molecule has 156 valence electrons. The number of non-ortho nitro benzene ring substituents is 1. The molecule has 2 atom stereocenters. The fourth-order valence-corrected chi connectivity index (χ4v) is 2.86. The van der Waals surface area contributed by atoms with E-state index >= 15 is 0 Å². The van der Waals surface area contributed by atoms with Crippen LogP contribution in [0.1, 0.15) is 42.6 Å². The maximum absolute atomic E-state index is 12.7. The number of methoxy groups -OCH3 is 1. The minimum Gasteiger partial charge on any atom is -0.497 e. The van der Waals surface area contributed by atoms with Crippen molar-refractivity contribution in [3.63, 3.8) is 0 Å². The Morgan fingerprint density at radius 3 is 2.43 bits per heavy atom. The van der Waals surface area contributed by atoms with E-state index in [0.29, 0.717) is 22.7 Å². The predicted octanol–water partition coefficient (Wildman–Crippen LogP) is 4.17. The maximum Gasteiger partial charge on any atom is 0.269 e. The van der Waals surface area contributed by atoms with Crippen molar-refractivity contribution in [3.05, 3.63) is 70.1 Å². The molecule has 9 heteroatoms. The summed E-state index contributed by atoms with van der Waals surface area (Å²) >= 11 is 0. The van der Waals surface area contributed by atoms with E-state index < -0.39 is 11.0 Å². The summed E-state index contributed by atoms with van der Waals surface area (Å²) in [6.45, 7) is 3.99. The van der Waals surface area contributed by atoms with Gasteiger partial charge >= 0.3 is 0 Å². The van der Waals surface area contributed by atoms with Crippen LogP contribution in [0.25, 0.3) is 11.4 Å². The summed E-state index contributed by atoms with van der Waals surface area (Å²) in [5.74, 6) is 1.01. The first kappa shape index (κ1) is 21.0. The zero-order valence-electron chi connectivity index (χ0n) is 16.9. The lowest BCUT2D eigenvalue weighted by Crippen LogP contribution is -2.32. The van der Waals surface area contributed by atoms with Crippen LogP contribution >= 0.6 is 0 Å². The number of aromatic nitrogens is 2. The number of benzene rings is 2. The van der Waals surface area contributed by atoms with E-state index in [1.807, 2.05) is 13.8 Å². The normalized spacial score (nSPS) is 12.8. The Labute approximate surface area is 173 Å². The molecule has 0 unspecified atom stereocenters. The molecule has 0 saturated heterocycles. The molecular formula is C21H22N4O5. The van der Waals surface area contributed by atoms with Crippen LogP contribution in [-0.4, -0.2) is 28.1 Å². The van der Waals surface area contributed by atoms with Crippen LogP contribution in [0.15, 0.2) is 53.1 Å². The summed E-state index contributed by atoms with van der Waals surface area (Å²) < 4.78 is 10.5. The molecule has 1 N–H and O–H groups in total. The summed E-state index contributed by atoms with van der Waals surface area (Å²) in [5.41, 5.74) is 1.05. The van der Waals surface area contributed by atoms with Gasteiger partial charge in [-0.1, -0.05) is 25.4 Å². The fraction of sp³-hybridized carbons (Fsp3) is 0.286. The Morgan fingerprint density at radius 2 is 1.87 bits per heavy atom. The van der Waals surface area contributed by atoms with Gasteiger partial charge in [-0.2, -0.15) is 4.98 Å². The highest BCUT2D eigenvalue weighted by Crippen LogP contribution is 2.27. The second-order valence-corrected chi connectivity index (χ2v) is 6.83. The van der Waals surface area contributed by atoms with Crippen molar-refractivity contribution in [1.82, 2.24) is 15.5 Å². The van der Waals surface area contributed by atoms with Gasteiger partial charge in [0.05, 0.1) is 12.0 Å². The average Bonchev–Trinajstić information content (AvgIpc) is 3.26. The highest BCUT2D eigenvalue weighted by Gasteiger charge is 2.27. The van der Waals surface area contributed by atoms with Crippen LogP contribution in [0.2, 0.25) is 0 Å². The van der Waals surface area contributed by atoms with Crippen molar-refractivity contribution in [1.29, 1.82) is 0 Å². The molecule has 0 aliphatic heterocycles. The number of nitrogens with zero attached hydrogens (tertiary/aromatic N) is 3. The maximum atomic E-state index is 12.7. The Balaban J connectivity index is 1.81. The quantitative estimate of drug-likeness (QED) is 0.437. The third-order valence-corrected chi connectivity index (χ3v) is 4.90. The summed E-state index contributed by atoms with van der Waals surface area (Å²) in [7, 11) is 1.56. The summed E-state index contributed by atoms with van der Waals surface area (Å²) in [6, 6.07) is 12.2. The molecular weight excluding hydrogens is 388 g/mol. The molecule has 0 bridgehead atoms. The van der Waals surface area contributed by atoms with Crippen molar-refractivity contribution in [3.8, 4) is 17.1 Å². The highest BCUT2D eigenvalue weighted by molar-refractivity contribution is 5.94. The first-order valence-electron chi connectivity index (χ1n) is 9.46. The minimum atomic E-state index is -0.482. The molecule has 3 rings (SSSR count). The van der Waals surface area contributed by atoms with Gasteiger partial charge in [0.25, 0.3) is 11.6 Å². The number of nitro groups is 1. The van der Waals surface area contributed by atoms with Gasteiger partial charge in [0, 0.05) is 23.3 Å². The number of amides is 1. The van der Waals surface area contributed by atoms with Gasteiger partial charge in [-0.05, 0) is 42.3 Å². The topological polar surface area (TPSA) is 120 Å². The molecule has 0 aliphatic rings. The Morgan fingerprint density at radius 1 is 1.20 bits per heavy atom. The second kappa shape index (κ2) is 9.17. The molecule has 30 heavy (non-hydrogen) atoms. The number of nitro benzene ring substituents is 1. The Hall–Kier alpha value is -3.75. The molecule has 0 spiro atoms. The number of hydrogen-bond acceptors (Lipinski definition) is 7. The number of ether oxygens (including phenoxy) is 1. The minimum absolute atomic E-state index is 0.0216. The lowest BCUT2D eigenvalue weighted by molar-refractivity contribution is -0.384. The van der Waals surface area contributed by atoms with E-state index in [1.165, 1.54) is 12.1 Å². The first-order chi connectivity index (χ1) is 14.4. The van der Waals surface area contributed by atoms with Gasteiger partial charge in [0.1, 0.15) is 11.8 Å². The first-order valence-corrected chi connectivity index (χ1v) is 9.46. The van der Waals surface area contributed by atoms with E-state index in [2.05, 4.69) is 15.5 Å². The molecule has 9 nitrogen and oxygen atoms in total. The molecule has 1 aromatic heterocycles. The number of hydrogen-bond donors (Lipinski definition) is 1. The largest absolute Gasteiger partial charge is 0.497 e. The van der Waals surface area contributed by atoms with Gasteiger partial charge in [-0.25, -0.2) is 0 Å². The van der Waals surface area contributed by atoms with Gasteiger partial charge in [-0.3, -0.25) is 14.9 Å². The molecule has 1 heterocycles. The lowest BCUT2D eigenvalue weighted by Gasteiger charge is -2.20. The molecule has 0 aliphatic carbocycles. The molecule has 0 radical (unpaired) electrons. The van der Waals surface area contributed by atoms with Crippen molar-refractivity contribution in [2.24, 2.45) is 5.92 Å². The van der Waals surface area contributed by atoms with Crippen molar-refractivity contribution >= 4 is 11.6 Å². The third-order valence-electron chi connectivity index (χ3n) is 4.90. The van der Waals surface area contributed by atoms with Crippen LogP contribution in [0.4, 0.5) is 5.69 Å². The van der Waals surface area contributed by atoms with Gasteiger partial charge in [0.2, 0.25) is 11.7 Å². The standard InChI is InChI=1S/C21H22N4O5/c1-4-13(2)18(22-20(26)15-7-11-17(29-3)12-8-15)21-23-19(24-30-21)14-5-9-16(10-6-14)25(27)28/h5-13,18H,4H2,1-3H3,(H,22,26)/t13-,18-/m0/s1. The SMILES string of the molecule is CC[C@H](C)[C@H](NC(=O)c1ccc(OC)cc1)c1nc(-c2ccc([N+](=O)[O-])cc2)no1.